The fourth-order valence-corrected chi connectivity index (χ4v) is 1.80. The molecule has 2 aromatic heterocycles. The lowest BCUT2D eigenvalue weighted by atomic mass is 10.2. The van der Waals surface area contributed by atoms with Gasteiger partial charge in [-0.15, -0.1) is 0 Å². The summed E-state index contributed by atoms with van der Waals surface area (Å²) in [7, 11) is 1.70. The van der Waals surface area contributed by atoms with Crippen LogP contribution >= 0.6 is 0 Å². The number of hydrogen-bond acceptors (Lipinski definition) is 6. The number of nitrogens with two attached hydrogens (primary N) is 1. The van der Waals surface area contributed by atoms with Crippen molar-refractivity contribution >= 4 is 11.6 Å². The minimum absolute atomic E-state index is 0.254. The Hall–Kier alpha value is -2.38. The molecule has 0 atom stereocenters. The van der Waals surface area contributed by atoms with Crippen LogP contribution in [0.15, 0.2) is 10.9 Å². The van der Waals surface area contributed by atoms with Gasteiger partial charge in [0.1, 0.15) is 5.69 Å². The SMILES string of the molecule is CCc1nn(C)c(C(=O)NCCc2ncon2)c1N. The van der Waals surface area contributed by atoms with Gasteiger partial charge in [0.2, 0.25) is 6.39 Å². The van der Waals surface area contributed by atoms with E-state index < -0.39 is 0 Å². The Kier molecular flexibility index (Phi) is 3.79. The highest BCUT2D eigenvalue weighted by molar-refractivity contribution is 5.97. The van der Waals surface area contributed by atoms with E-state index in [0.29, 0.717) is 36.6 Å². The van der Waals surface area contributed by atoms with Crippen molar-refractivity contribution < 1.29 is 9.32 Å². The Labute approximate surface area is 110 Å². The predicted molar refractivity (Wildman–Crippen MR) is 67.3 cm³/mol. The maximum atomic E-state index is 12.0. The maximum absolute atomic E-state index is 12.0. The molecule has 0 unspecified atom stereocenters. The quantitative estimate of drug-likeness (QED) is 0.781. The molecule has 2 heterocycles. The minimum atomic E-state index is -0.254. The molecule has 0 saturated carbocycles. The number of nitrogen functional groups attached to an aromatic ring is 1. The highest BCUT2D eigenvalue weighted by atomic mass is 16.5. The fourth-order valence-electron chi connectivity index (χ4n) is 1.80. The van der Waals surface area contributed by atoms with Gasteiger partial charge < -0.3 is 15.6 Å². The van der Waals surface area contributed by atoms with Gasteiger partial charge in [-0.2, -0.15) is 10.1 Å². The third-order valence-electron chi connectivity index (χ3n) is 2.75. The van der Waals surface area contributed by atoms with Gasteiger partial charge in [0.15, 0.2) is 5.82 Å². The molecule has 0 aliphatic heterocycles. The van der Waals surface area contributed by atoms with Crippen LogP contribution in [0, 0.1) is 0 Å². The molecule has 1 amide bonds. The monoisotopic (exact) mass is 264 g/mol. The Morgan fingerprint density at radius 1 is 1.58 bits per heavy atom. The van der Waals surface area contributed by atoms with E-state index in [1.54, 1.807) is 7.05 Å². The summed E-state index contributed by atoms with van der Waals surface area (Å²) in [5.74, 6) is 0.295. The Morgan fingerprint density at radius 2 is 2.37 bits per heavy atom. The van der Waals surface area contributed by atoms with Gasteiger partial charge in [-0.3, -0.25) is 9.48 Å². The van der Waals surface area contributed by atoms with Crippen molar-refractivity contribution in [3.05, 3.63) is 23.6 Å². The van der Waals surface area contributed by atoms with Crippen molar-refractivity contribution in [2.45, 2.75) is 19.8 Å². The summed E-state index contributed by atoms with van der Waals surface area (Å²) in [6.07, 6.45) is 2.44. The summed E-state index contributed by atoms with van der Waals surface area (Å²) in [5, 5.41) is 10.6. The molecule has 0 bridgehead atoms. The summed E-state index contributed by atoms with van der Waals surface area (Å²) >= 11 is 0. The molecule has 0 radical (unpaired) electrons. The first-order chi connectivity index (χ1) is 9.13. The van der Waals surface area contributed by atoms with E-state index in [2.05, 4.69) is 25.1 Å². The van der Waals surface area contributed by atoms with Gasteiger partial charge in [0.05, 0.1) is 11.4 Å². The highest BCUT2D eigenvalue weighted by Gasteiger charge is 2.18. The minimum Gasteiger partial charge on any atom is -0.395 e. The Morgan fingerprint density at radius 3 is 2.95 bits per heavy atom. The van der Waals surface area contributed by atoms with Gasteiger partial charge >= 0.3 is 0 Å². The summed E-state index contributed by atoms with van der Waals surface area (Å²) < 4.78 is 6.10. The molecule has 0 spiro atoms. The first-order valence-corrected chi connectivity index (χ1v) is 5.98. The zero-order chi connectivity index (χ0) is 13.8. The lowest BCUT2D eigenvalue weighted by molar-refractivity contribution is 0.0945. The second kappa shape index (κ2) is 5.51. The first kappa shape index (κ1) is 13.1. The van der Waals surface area contributed by atoms with Crippen molar-refractivity contribution in [3.63, 3.8) is 0 Å². The van der Waals surface area contributed by atoms with Crippen molar-refractivity contribution in [1.82, 2.24) is 25.2 Å². The number of amides is 1. The number of nitrogens with zero attached hydrogens (tertiary/aromatic N) is 4. The van der Waals surface area contributed by atoms with Gasteiger partial charge in [0.25, 0.3) is 5.91 Å². The van der Waals surface area contributed by atoms with Gasteiger partial charge in [-0.1, -0.05) is 12.1 Å². The van der Waals surface area contributed by atoms with Crippen LogP contribution in [-0.2, 0) is 19.9 Å². The van der Waals surface area contributed by atoms with E-state index in [0.717, 1.165) is 5.69 Å². The number of nitrogens with one attached hydrogen (secondary N) is 1. The number of anilines is 1. The lowest BCUT2D eigenvalue weighted by Crippen LogP contribution is -2.28. The lowest BCUT2D eigenvalue weighted by Gasteiger charge is -2.04. The van der Waals surface area contributed by atoms with Crippen molar-refractivity contribution in [1.29, 1.82) is 0 Å². The molecular formula is C11H16N6O2. The summed E-state index contributed by atoms with van der Waals surface area (Å²) in [4.78, 5) is 15.9. The number of aryl methyl sites for hydroxylation is 2. The maximum Gasteiger partial charge on any atom is 0.271 e. The summed E-state index contributed by atoms with van der Waals surface area (Å²) in [6, 6.07) is 0. The second-order valence-electron chi connectivity index (χ2n) is 4.04. The van der Waals surface area contributed by atoms with Crippen LogP contribution < -0.4 is 11.1 Å². The third kappa shape index (κ3) is 2.72. The largest absolute Gasteiger partial charge is 0.395 e. The molecule has 3 N–H and O–H groups in total. The zero-order valence-corrected chi connectivity index (χ0v) is 10.9. The molecule has 0 fully saturated rings. The third-order valence-corrected chi connectivity index (χ3v) is 2.75. The van der Waals surface area contributed by atoms with E-state index in [1.165, 1.54) is 11.1 Å². The van der Waals surface area contributed by atoms with Crippen molar-refractivity contribution in [2.24, 2.45) is 7.05 Å². The Bertz CT molecular complexity index is 560. The number of hydrogen-bond donors (Lipinski definition) is 2. The average molecular weight is 264 g/mol. The molecule has 0 aliphatic rings. The van der Waals surface area contributed by atoms with Crippen LogP contribution in [0.1, 0.15) is 28.9 Å². The molecule has 0 aliphatic carbocycles. The predicted octanol–water partition coefficient (Wildman–Crippen LogP) is -0.0798. The van der Waals surface area contributed by atoms with Crippen molar-refractivity contribution in [2.75, 3.05) is 12.3 Å². The Balaban J connectivity index is 1.98. The first-order valence-electron chi connectivity index (χ1n) is 5.98. The number of carbonyl (C=O) groups excluding carboxylic acids is 1. The van der Waals surface area contributed by atoms with E-state index >= 15 is 0 Å². The highest BCUT2D eigenvalue weighted by Crippen LogP contribution is 2.16. The van der Waals surface area contributed by atoms with Crippen LogP contribution in [0.25, 0.3) is 0 Å². The summed E-state index contributed by atoms with van der Waals surface area (Å²) in [5.41, 5.74) is 7.44. The molecule has 2 aromatic rings. The standard InChI is InChI=1S/C11H16N6O2/c1-3-7-9(12)10(17(2)15-7)11(18)13-5-4-8-14-6-19-16-8/h6H,3-5,12H2,1-2H3,(H,13,18). The molecule has 0 aromatic carbocycles. The molecule has 0 saturated heterocycles. The smallest absolute Gasteiger partial charge is 0.271 e. The summed E-state index contributed by atoms with van der Waals surface area (Å²) in [6.45, 7) is 2.35. The van der Waals surface area contributed by atoms with Crippen LogP contribution in [0.5, 0.6) is 0 Å². The molecule has 2 rings (SSSR count). The molecule has 8 nitrogen and oxygen atoms in total. The van der Waals surface area contributed by atoms with Crippen LogP contribution in [0.4, 0.5) is 5.69 Å². The van der Waals surface area contributed by atoms with Crippen LogP contribution in [0.2, 0.25) is 0 Å². The number of carbonyl (C=O) groups is 1. The van der Waals surface area contributed by atoms with Crippen LogP contribution in [0.3, 0.4) is 0 Å². The topological polar surface area (TPSA) is 112 Å². The van der Waals surface area contributed by atoms with Crippen molar-refractivity contribution in [3.8, 4) is 0 Å². The van der Waals surface area contributed by atoms with Gasteiger partial charge in [-0.25, -0.2) is 0 Å². The average Bonchev–Trinajstić information content (AvgIpc) is 2.97. The molecule has 8 heteroatoms. The second-order valence-corrected chi connectivity index (χ2v) is 4.04. The molecule has 19 heavy (non-hydrogen) atoms. The van der Waals surface area contributed by atoms with E-state index in [1.807, 2.05) is 6.92 Å². The normalized spacial score (nSPS) is 10.6. The van der Waals surface area contributed by atoms with E-state index in [-0.39, 0.29) is 5.91 Å². The van der Waals surface area contributed by atoms with Crippen LogP contribution in [-0.4, -0.2) is 32.4 Å². The van der Waals surface area contributed by atoms with E-state index in [4.69, 9.17) is 5.73 Å². The van der Waals surface area contributed by atoms with Gasteiger partial charge in [0, 0.05) is 20.0 Å². The number of aromatic nitrogens is 4. The zero-order valence-electron chi connectivity index (χ0n) is 10.9. The number of rotatable bonds is 5. The molecule has 102 valence electrons. The fraction of sp³-hybridized carbons (Fsp3) is 0.455. The van der Waals surface area contributed by atoms with Gasteiger partial charge in [-0.05, 0) is 6.42 Å². The molecular weight excluding hydrogens is 248 g/mol. The van der Waals surface area contributed by atoms with E-state index in [9.17, 15) is 4.79 Å².